The Morgan fingerprint density at radius 2 is 1.23 bits per heavy atom. The summed E-state index contributed by atoms with van der Waals surface area (Å²) in [6.07, 6.45) is 2.07. The van der Waals surface area contributed by atoms with E-state index in [1.165, 1.54) is 5.39 Å². The van der Waals surface area contributed by atoms with Gasteiger partial charge in [0.1, 0.15) is 0 Å². The molecule has 4 aromatic carbocycles. The third-order valence-electron chi connectivity index (χ3n) is 7.56. The number of pyridine rings is 2. The van der Waals surface area contributed by atoms with Gasteiger partial charge in [0.15, 0.2) is 0 Å². The van der Waals surface area contributed by atoms with Crippen LogP contribution in [0.2, 0.25) is 0 Å². The normalized spacial score (nSPS) is 11.8. The average molecular weight is 686 g/mol. The van der Waals surface area contributed by atoms with Gasteiger partial charge < -0.3 is 13.5 Å². The van der Waals surface area contributed by atoms with E-state index in [0.717, 1.165) is 66.3 Å². The zero-order valence-electron chi connectivity index (χ0n) is 21.5. The zero-order valence-corrected chi connectivity index (χ0v) is 23.8. The van der Waals surface area contributed by atoms with E-state index in [1.807, 2.05) is 19.1 Å². The number of para-hydroxylation sites is 2. The summed E-state index contributed by atoms with van der Waals surface area (Å²) in [5, 5.41) is 6.41. The minimum absolute atomic E-state index is 0. The molecule has 4 heterocycles. The van der Waals surface area contributed by atoms with Crippen LogP contribution in [0.1, 0.15) is 17.1 Å². The summed E-state index contributed by atoms with van der Waals surface area (Å²) in [7, 11) is 0. The van der Waals surface area contributed by atoms with Crippen LogP contribution in [0.15, 0.2) is 79.0 Å². The number of rotatable bonds is 2. The summed E-state index contributed by atoms with van der Waals surface area (Å²) in [6.45, 7) is 6.18. The van der Waals surface area contributed by atoms with Crippen LogP contribution in [0.5, 0.6) is 11.5 Å². The summed E-state index contributed by atoms with van der Waals surface area (Å²) in [5.41, 5.74) is 7.14. The first-order valence-electron chi connectivity index (χ1n) is 12.7. The summed E-state index contributed by atoms with van der Waals surface area (Å²) < 4.78 is 10.7. The van der Waals surface area contributed by atoms with Crippen LogP contribution in [-0.2, 0) is 21.1 Å². The van der Waals surface area contributed by atoms with Gasteiger partial charge in [-0.3, -0.25) is 9.97 Å². The fourth-order valence-corrected chi connectivity index (χ4v) is 5.73. The van der Waals surface area contributed by atoms with Crippen LogP contribution in [0.25, 0.3) is 54.6 Å². The number of aryl methyl sites for hydroxylation is 3. The number of imidazole rings is 2. The number of ether oxygens (including phenoxy) is 1. The van der Waals surface area contributed by atoms with Crippen molar-refractivity contribution in [2.75, 3.05) is 0 Å². The first kappa shape index (κ1) is 23.9. The number of benzene rings is 4. The van der Waals surface area contributed by atoms with Crippen LogP contribution in [-0.4, -0.2) is 18.8 Å². The molecule has 8 rings (SSSR count). The van der Waals surface area contributed by atoms with Crippen molar-refractivity contribution in [2.45, 2.75) is 20.8 Å². The van der Waals surface area contributed by atoms with Crippen molar-refractivity contribution in [2.24, 2.45) is 0 Å². The molecule has 0 spiro atoms. The van der Waals surface area contributed by atoms with Crippen LogP contribution >= 0.6 is 0 Å². The Balaban J connectivity index is 0.00000253. The van der Waals surface area contributed by atoms with Gasteiger partial charge in [0.05, 0.1) is 11.3 Å². The molecule has 0 aliphatic heterocycles. The van der Waals surface area contributed by atoms with Crippen molar-refractivity contribution in [3.8, 4) is 11.5 Å². The molecular formula is C33H22N4OPt. The number of nitrogens with zero attached hydrogens (tertiary/aromatic N) is 4. The fourth-order valence-electron chi connectivity index (χ4n) is 5.73. The van der Waals surface area contributed by atoms with E-state index in [9.17, 15) is 0 Å². The van der Waals surface area contributed by atoms with Crippen molar-refractivity contribution in [1.82, 2.24) is 18.8 Å². The molecule has 0 atom stereocenters. The van der Waals surface area contributed by atoms with Crippen molar-refractivity contribution in [3.63, 3.8) is 0 Å². The van der Waals surface area contributed by atoms with Gasteiger partial charge in [-0.2, -0.15) is 0 Å². The first-order valence-corrected chi connectivity index (χ1v) is 12.7. The summed E-state index contributed by atoms with van der Waals surface area (Å²) in [5.74, 6) is 1.25. The summed E-state index contributed by atoms with van der Waals surface area (Å²) in [4.78, 5) is 9.71. The third-order valence-corrected chi connectivity index (χ3v) is 7.56. The molecular weight excluding hydrogens is 663 g/mol. The molecule has 0 aliphatic carbocycles. The van der Waals surface area contributed by atoms with Crippen LogP contribution < -0.4 is 4.74 Å². The summed E-state index contributed by atoms with van der Waals surface area (Å²) >= 11 is 0. The first-order chi connectivity index (χ1) is 18.6. The van der Waals surface area contributed by atoms with Crippen molar-refractivity contribution in [1.29, 1.82) is 0 Å². The van der Waals surface area contributed by atoms with Crippen molar-refractivity contribution in [3.05, 3.63) is 108 Å². The van der Waals surface area contributed by atoms with Gasteiger partial charge in [0.2, 0.25) is 0 Å². The van der Waals surface area contributed by atoms with Gasteiger partial charge in [-0.15, -0.1) is 12.1 Å². The predicted molar refractivity (Wildman–Crippen MR) is 152 cm³/mol. The second-order valence-corrected chi connectivity index (χ2v) is 9.88. The Kier molecular flexibility index (Phi) is 5.30. The van der Waals surface area contributed by atoms with Gasteiger partial charge in [0, 0.05) is 45.8 Å². The van der Waals surface area contributed by atoms with Crippen molar-refractivity contribution < 1.29 is 25.8 Å². The molecule has 0 bridgehead atoms. The van der Waals surface area contributed by atoms with Crippen LogP contribution in [0.4, 0.5) is 0 Å². The van der Waals surface area contributed by atoms with E-state index in [4.69, 9.17) is 14.7 Å². The molecule has 4 aromatic heterocycles. The molecule has 0 radical (unpaired) electrons. The van der Waals surface area contributed by atoms with E-state index in [-0.39, 0.29) is 21.1 Å². The van der Waals surface area contributed by atoms with Gasteiger partial charge in [-0.05, 0) is 43.7 Å². The minimum atomic E-state index is 0. The third kappa shape index (κ3) is 3.43. The molecule has 6 heteroatoms. The van der Waals surface area contributed by atoms with Crippen molar-refractivity contribution >= 4 is 54.6 Å². The Labute approximate surface area is 238 Å². The second kappa shape index (κ2) is 8.65. The number of hydrogen-bond donors (Lipinski definition) is 0. The maximum Gasteiger partial charge on any atom is 2.00 e. The van der Waals surface area contributed by atoms with Gasteiger partial charge >= 0.3 is 21.1 Å². The quantitative estimate of drug-likeness (QED) is 0.137. The zero-order chi connectivity index (χ0) is 25.5. The van der Waals surface area contributed by atoms with E-state index in [0.29, 0.717) is 11.5 Å². The Bertz CT molecular complexity index is 2260. The van der Waals surface area contributed by atoms with Crippen LogP contribution in [0, 0.1) is 32.9 Å². The standard InChI is InChI=1S/C33H22N4O.Pt/c1-19-18-36-30-10-6-4-8-26(30)24-14-12-22(16-28(24)32(36)34-19)38-23-13-15-25-27-9-5-7-11-31(27)37-21(3)20(2)35-33(37)29(25)17-23;/h4-15,18H,1-3H3;/q-2;+2. The second-order valence-electron chi connectivity index (χ2n) is 9.88. The topological polar surface area (TPSA) is 43.8 Å². The Morgan fingerprint density at radius 3 is 1.92 bits per heavy atom. The molecule has 0 saturated heterocycles. The fraction of sp³-hybridized carbons (Fsp3) is 0.0909. The molecule has 0 unspecified atom stereocenters. The molecule has 5 nitrogen and oxygen atoms in total. The molecule has 8 aromatic rings. The van der Waals surface area contributed by atoms with Gasteiger partial charge in [0.25, 0.3) is 0 Å². The SMILES string of the molecule is Cc1cn2c3ccccc3c3ccc(Oc4[c-]c5c(cc4)c4ccccc4n4c(C)c(C)nc54)[c-]c3c2n1.[Pt+2]. The molecule has 190 valence electrons. The van der Waals surface area contributed by atoms with E-state index in [2.05, 4.69) is 102 Å². The maximum atomic E-state index is 6.38. The maximum absolute atomic E-state index is 6.38. The molecule has 0 aliphatic rings. The Hall–Kier alpha value is -4.21. The van der Waals surface area contributed by atoms with E-state index >= 15 is 0 Å². The number of fused-ring (bicyclic) bond motifs is 12. The Morgan fingerprint density at radius 1 is 0.641 bits per heavy atom. The minimum Gasteiger partial charge on any atom is -0.497 e. The molecule has 0 amide bonds. The molecule has 0 N–H and O–H groups in total. The summed E-state index contributed by atoms with van der Waals surface area (Å²) in [6, 6.07) is 32.0. The van der Waals surface area contributed by atoms with E-state index < -0.39 is 0 Å². The van der Waals surface area contributed by atoms with E-state index in [1.54, 1.807) is 0 Å². The van der Waals surface area contributed by atoms with Crippen LogP contribution in [0.3, 0.4) is 0 Å². The number of aromatic nitrogens is 4. The van der Waals surface area contributed by atoms with Gasteiger partial charge in [-0.25, -0.2) is 0 Å². The average Bonchev–Trinajstić information content (AvgIpc) is 3.48. The molecule has 39 heavy (non-hydrogen) atoms. The van der Waals surface area contributed by atoms with Gasteiger partial charge in [-0.1, -0.05) is 82.2 Å². The molecule has 0 fully saturated rings. The predicted octanol–water partition coefficient (Wildman–Crippen LogP) is 7.91. The largest absolute Gasteiger partial charge is 2.00 e. The smallest absolute Gasteiger partial charge is 0.497 e. The number of hydrogen-bond acceptors (Lipinski definition) is 3. The monoisotopic (exact) mass is 685 g/mol. The molecule has 0 saturated carbocycles.